The van der Waals surface area contributed by atoms with Gasteiger partial charge in [0, 0.05) is 50.3 Å². The molecule has 2 aliphatic heterocycles. The highest BCUT2D eigenvalue weighted by Gasteiger charge is 2.33. The van der Waals surface area contributed by atoms with Crippen LogP contribution in [0, 0.1) is 12.7 Å². The van der Waals surface area contributed by atoms with Crippen LogP contribution in [0.4, 0.5) is 4.39 Å². The van der Waals surface area contributed by atoms with E-state index in [1.54, 1.807) is 6.07 Å². The zero-order valence-corrected chi connectivity index (χ0v) is 21.9. The Kier molecular flexibility index (Phi) is 8.77. The van der Waals surface area contributed by atoms with Crippen molar-refractivity contribution in [1.82, 2.24) is 24.7 Å². The average Bonchev–Trinajstić information content (AvgIpc) is 3.21. The average molecular weight is 498 g/mol. The molecule has 36 heavy (non-hydrogen) atoms. The molecular weight excluding hydrogens is 457 g/mol. The number of hydrogen-bond donors (Lipinski definition) is 1. The van der Waals surface area contributed by atoms with Crippen molar-refractivity contribution >= 4 is 12.3 Å². The van der Waals surface area contributed by atoms with Crippen LogP contribution >= 0.6 is 0 Å². The number of likely N-dealkylation sites (tertiary alicyclic amines) is 1. The van der Waals surface area contributed by atoms with Crippen LogP contribution in [0.1, 0.15) is 87.2 Å². The second-order valence-electron chi connectivity index (χ2n) is 10.2. The number of halogens is 1. The molecular formula is C28H40FN5O2. The van der Waals surface area contributed by atoms with Gasteiger partial charge in [0.25, 0.3) is 0 Å². The summed E-state index contributed by atoms with van der Waals surface area (Å²) in [6, 6.07) is 7.18. The molecule has 4 rings (SSSR count). The Morgan fingerprint density at radius 1 is 1.31 bits per heavy atom. The Bertz CT molecular complexity index is 1050. The van der Waals surface area contributed by atoms with Crippen LogP contribution in [0.3, 0.4) is 0 Å². The Labute approximate surface area is 214 Å². The van der Waals surface area contributed by atoms with Crippen LogP contribution in [0.15, 0.2) is 24.3 Å². The molecule has 0 bridgehead atoms. The number of piperidine rings is 1. The Morgan fingerprint density at radius 3 is 2.86 bits per heavy atom. The van der Waals surface area contributed by atoms with Crippen LogP contribution in [0.2, 0.25) is 0 Å². The van der Waals surface area contributed by atoms with Gasteiger partial charge in [-0.05, 0) is 50.3 Å². The van der Waals surface area contributed by atoms with E-state index in [9.17, 15) is 14.0 Å². The molecule has 0 radical (unpaired) electrons. The number of carbonyl (C=O) groups is 2. The molecule has 3 heterocycles. The minimum atomic E-state index is -0.281. The standard InChI is InChI=1S/C28H40FN5O2/c1-4-7-23-17-24(34-20(3)31-26-18-33(28(36)5-2)15-12-27(26)34)10-13-32(23)14-11-25(30-19-35)21-8-6-9-22(29)16-21/h6,8-9,16,19,23-25H,4-5,7,10-15,17-18H2,1-3H3,(H,30,35). The molecule has 1 N–H and O–H groups in total. The fourth-order valence-electron chi connectivity index (χ4n) is 6.15. The number of aryl methyl sites for hydroxylation is 1. The molecule has 0 saturated carbocycles. The second kappa shape index (κ2) is 12.0. The van der Waals surface area contributed by atoms with E-state index in [0.717, 1.165) is 75.2 Å². The van der Waals surface area contributed by atoms with Gasteiger partial charge in [0.05, 0.1) is 18.3 Å². The van der Waals surface area contributed by atoms with Crippen molar-refractivity contribution in [2.24, 2.45) is 0 Å². The molecule has 1 saturated heterocycles. The predicted octanol–water partition coefficient (Wildman–Crippen LogP) is 4.31. The van der Waals surface area contributed by atoms with Gasteiger partial charge in [-0.25, -0.2) is 9.37 Å². The summed E-state index contributed by atoms with van der Waals surface area (Å²) in [6.07, 6.45) is 7.22. The van der Waals surface area contributed by atoms with Crippen molar-refractivity contribution in [1.29, 1.82) is 0 Å². The first-order chi connectivity index (χ1) is 17.4. The largest absolute Gasteiger partial charge is 0.352 e. The SMILES string of the molecule is CCCC1CC(n2c(C)nc3c2CCN(C(=O)CC)C3)CCN1CCC(NC=O)c1cccc(F)c1. The van der Waals surface area contributed by atoms with Gasteiger partial charge in [-0.15, -0.1) is 0 Å². The van der Waals surface area contributed by atoms with E-state index in [1.807, 2.05) is 17.9 Å². The van der Waals surface area contributed by atoms with Crippen molar-refractivity contribution in [3.05, 3.63) is 52.9 Å². The van der Waals surface area contributed by atoms with Gasteiger partial charge in [-0.1, -0.05) is 32.4 Å². The van der Waals surface area contributed by atoms with Gasteiger partial charge in [-0.3, -0.25) is 9.59 Å². The fraction of sp³-hybridized carbons (Fsp3) is 0.607. The quantitative estimate of drug-likeness (QED) is 0.497. The molecule has 2 aliphatic rings. The highest BCUT2D eigenvalue weighted by molar-refractivity contribution is 5.76. The zero-order chi connectivity index (χ0) is 25.7. The molecule has 3 atom stereocenters. The van der Waals surface area contributed by atoms with Crippen molar-refractivity contribution in [2.75, 3.05) is 19.6 Å². The maximum atomic E-state index is 13.8. The summed E-state index contributed by atoms with van der Waals surface area (Å²) in [5, 5.41) is 2.89. The fourth-order valence-corrected chi connectivity index (χ4v) is 6.15. The number of amides is 2. The molecule has 3 unspecified atom stereocenters. The molecule has 1 aromatic heterocycles. The van der Waals surface area contributed by atoms with E-state index in [-0.39, 0.29) is 17.8 Å². The number of nitrogens with one attached hydrogen (secondary N) is 1. The maximum Gasteiger partial charge on any atom is 0.222 e. The second-order valence-corrected chi connectivity index (χ2v) is 10.2. The molecule has 7 nitrogen and oxygen atoms in total. The molecule has 196 valence electrons. The van der Waals surface area contributed by atoms with Gasteiger partial charge >= 0.3 is 0 Å². The first-order valence-corrected chi connectivity index (χ1v) is 13.5. The van der Waals surface area contributed by atoms with Crippen LogP contribution < -0.4 is 5.32 Å². The summed E-state index contributed by atoms with van der Waals surface area (Å²) >= 11 is 0. The Balaban J connectivity index is 1.44. The van der Waals surface area contributed by atoms with Crippen molar-refractivity contribution in [2.45, 2.75) is 90.4 Å². The third-order valence-electron chi connectivity index (χ3n) is 7.91. The number of rotatable bonds is 10. The van der Waals surface area contributed by atoms with E-state index in [4.69, 9.17) is 4.98 Å². The van der Waals surface area contributed by atoms with Crippen LogP contribution in [0.25, 0.3) is 0 Å². The number of carbonyl (C=O) groups excluding carboxylic acids is 2. The van der Waals surface area contributed by atoms with E-state index in [0.29, 0.717) is 31.5 Å². The van der Waals surface area contributed by atoms with Crippen molar-refractivity contribution in [3.8, 4) is 0 Å². The lowest BCUT2D eigenvalue weighted by atomic mass is 9.92. The third-order valence-corrected chi connectivity index (χ3v) is 7.91. The van der Waals surface area contributed by atoms with E-state index in [1.165, 1.54) is 17.8 Å². The molecule has 1 fully saturated rings. The van der Waals surface area contributed by atoms with Gasteiger partial charge < -0.3 is 19.7 Å². The number of benzene rings is 1. The highest BCUT2D eigenvalue weighted by Crippen LogP contribution is 2.34. The predicted molar refractivity (Wildman–Crippen MR) is 138 cm³/mol. The molecule has 0 aliphatic carbocycles. The molecule has 8 heteroatoms. The first kappa shape index (κ1) is 26.3. The van der Waals surface area contributed by atoms with E-state index < -0.39 is 0 Å². The van der Waals surface area contributed by atoms with Gasteiger partial charge in [0.15, 0.2) is 0 Å². The Morgan fingerprint density at radius 2 is 2.14 bits per heavy atom. The summed E-state index contributed by atoms with van der Waals surface area (Å²) in [5.74, 6) is 0.974. The molecule has 0 spiro atoms. The highest BCUT2D eigenvalue weighted by atomic mass is 19.1. The number of nitrogens with zero attached hydrogens (tertiary/aromatic N) is 4. The minimum absolute atomic E-state index is 0.199. The lowest BCUT2D eigenvalue weighted by Gasteiger charge is -2.41. The topological polar surface area (TPSA) is 70.5 Å². The van der Waals surface area contributed by atoms with Gasteiger partial charge in [-0.2, -0.15) is 0 Å². The molecule has 1 aromatic carbocycles. The first-order valence-electron chi connectivity index (χ1n) is 13.5. The number of fused-ring (bicyclic) bond motifs is 1. The van der Waals surface area contributed by atoms with E-state index >= 15 is 0 Å². The summed E-state index contributed by atoms with van der Waals surface area (Å²) in [6.45, 7) is 9.48. The van der Waals surface area contributed by atoms with Crippen LogP contribution in [0.5, 0.6) is 0 Å². The number of aromatic nitrogens is 2. The lowest BCUT2D eigenvalue weighted by Crippen LogP contribution is -2.45. The van der Waals surface area contributed by atoms with Crippen molar-refractivity contribution in [3.63, 3.8) is 0 Å². The molecule has 2 amide bonds. The lowest BCUT2D eigenvalue weighted by molar-refractivity contribution is -0.131. The number of imidazole rings is 1. The summed E-state index contributed by atoms with van der Waals surface area (Å²) < 4.78 is 16.2. The zero-order valence-electron chi connectivity index (χ0n) is 21.9. The minimum Gasteiger partial charge on any atom is -0.352 e. The smallest absolute Gasteiger partial charge is 0.222 e. The summed E-state index contributed by atoms with van der Waals surface area (Å²) in [4.78, 5) is 32.8. The summed E-state index contributed by atoms with van der Waals surface area (Å²) in [7, 11) is 0. The van der Waals surface area contributed by atoms with Crippen LogP contribution in [-0.2, 0) is 22.6 Å². The monoisotopic (exact) mass is 497 g/mol. The van der Waals surface area contributed by atoms with Gasteiger partial charge in [0.1, 0.15) is 11.6 Å². The van der Waals surface area contributed by atoms with Gasteiger partial charge in [0.2, 0.25) is 12.3 Å². The molecule has 2 aromatic rings. The summed E-state index contributed by atoms with van der Waals surface area (Å²) in [5.41, 5.74) is 3.18. The van der Waals surface area contributed by atoms with Crippen molar-refractivity contribution < 1.29 is 14.0 Å². The maximum absolute atomic E-state index is 13.8. The number of hydrogen-bond acceptors (Lipinski definition) is 4. The van der Waals surface area contributed by atoms with Crippen LogP contribution in [-0.4, -0.2) is 57.3 Å². The third kappa shape index (κ3) is 5.80. The normalized spacial score (nSPS) is 21.2. The van der Waals surface area contributed by atoms with E-state index in [2.05, 4.69) is 28.6 Å². The Hall–Kier alpha value is -2.74.